The van der Waals surface area contributed by atoms with Gasteiger partial charge in [-0.3, -0.25) is 4.79 Å². The molecule has 0 spiro atoms. The number of carboxylic acid groups (broad SMARTS) is 1. The zero-order chi connectivity index (χ0) is 21.9. The molecule has 0 fully saturated rings. The predicted molar refractivity (Wildman–Crippen MR) is 118 cm³/mol. The first kappa shape index (κ1) is 21.7. The largest absolute Gasteiger partial charge is 0.480 e. The number of carboxylic acids is 1. The normalized spacial score (nSPS) is 12.5. The van der Waals surface area contributed by atoms with E-state index in [4.69, 9.17) is 0 Å². The molecule has 156 valence electrons. The summed E-state index contributed by atoms with van der Waals surface area (Å²) in [6.07, 6.45) is 0.0491. The number of nitrogens with one attached hydrogen (secondary N) is 1. The van der Waals surface area contributed by atoms with E-state index in [1.165, 1.54) is 17.2 Å². The lowest BCUT2D eigenvalue weighted by Gasteiger charge is -2.16. The monoisotopic (exact) mass is 423 g/mol. The molecule has 30 heavy (non-hydrogen) atoms. The second-order valence-electron chi connectivity index (χ2n) is 7.43. The highest BCUT2D eigenvalue weighted by Crippen LogP contribution is 2.26. The topological polar surface area (TPSA) is 83.5 Å². The van der Waals surface area contributed by atoms with Crippen LogP contribution in [0.2, 0.25) is 0 Å². The highest BCUT2D eigenvalue weighted by molar-refractivity contribution is 7.89. The summed E-state index contributed by atoms with van der Waals surface area (Å²) in [5.74, 6) is -1.22. The van der Waals surface area contributed by atoms with Crippen molar-refractivity contribution in [3.8, 4) is 11.1 Å². The fourth-order valence-electron chi connectivity index (χ4n) is 3.41. The third-order valence-electron chi connectivity index (χ3n) is 5.29. The maximum absolute atomic E-state index is 12.7. The Morgan fingerprint density at radius 1 is 0.900 bits per heavy atom. The van der Waals surface area contributed by atoms with Crippen molar-refractivity contribution in [3.05, 3.63) is 89.0 Å². The fourth-order valence-corrected chi connectivity index (χ4v) is 4.84. The molecule has 3 aromatic carbocycles. The average Bonchev–Trinajstić information content (AvgIpc) is 2.70. The van der Waals surface area contributed by atoms with Crippen LogP contribution in [0.25, 0.3) is 11.1 Å². The minimum atomic E-state index is -3.95. The zero-order valence-electron chi connectivity index (χ0n) is 17.2. The number of aliphatic carboxylic acids is 1. The van der Waals surface area contributed by atoms with Crippen molar-refractivity contribution in [1.29, 1.82) is 0 Å². The van der Waals surface area contributed by atoms with Crippen molar-refractivity contribution < 1.29 is 18.3 Å². The van der Waals surface area contributed by atoms with Gasteiger partial charge < -0.3 is 5.11 Å². The van der Waals surface area contributed by atoms with Crippen LogP contribution in [-0.4, -0.2) is 25.5 Å². The molecule has 0 unspecified atom stereocenters. The first-order chi connectivity index (χ1) is 14.2. The fraction of sp³-hybridized carbons (Fsp3) is 0.208. The lowest BCUT2D eigenvalue weighted by Crippen LogP contribution is -2.42. The van der Waals surface area contributed by atoms with Crippen molar-refractivity contribution in [1.82, 2.24) is 4.72 Å². The highest BCUT2D eigenvalue weighted by Gasteiger charge is 2.26. The molecule has 0 aromatic heterocycles. The van der Waals surface area contributed by atoms with Gasteiger partial charge in [0.25, 0.3) is 0 Å². The first-order valence-corrected chi connectivity index (χ1v) is 11.1. The van der Waals surface area contributed by atoms with Crippen molar-refractivity contribution in [2.24, 2.45) is 0 Å². The van der Waals surface area contributed by atoms with Gasteiger partial charge in [-0.25, -0.2) is 8.42 Å². The molecule has 0 aliphatic carbocycles. The first-order valence-electron chi connectivity index (χ1n) is 9.65. The Kier molecular flexibility index (Phi) is 6.39. The molecule has 0 saturated heterocycles. The number of aryl methyl sites for hydroxylation is 2. The molecule has 0 heterocycles. The van der Waals surface area contributed by atoms with Gasteiger partial charge in [-0.1, -0.05) is 60.7 Å². The van der Waals surface area contributed by atoms with Crippen LogP contribution in [0.4, 0.5) is 0 Å². The van der Waals surface area contributed by atoms with Crippen LogP contribution in [0.15, 0.2) is 71.6 Å². The summed E-state index contributed by atoms with van der Waals surface area (Å²) in [5.41, 5.74) is 5.85. The maximum Gasteiger partial charge on any atom is 0.322 e. The van der Waals surface area contributed by atoms with E-state index in [1.54, 1.807) is 25.1 Å². The molecule has 0 saturated carbocycles. The molecular formula is C24H25NO4S. The molecule has 0 radical (unpaired) electrons. The molecule has 0 aliphatic heterocycles. The summed E-state index contributed by atoms with van der Waals surface area (Å²) < 4.78 is 27.7. The van der Waals surface area contributed by atoms with Crippen molar-refractivity contribution in [2.45, 2.75) is 38.1 Å². The van der Waals surface area contributed by atoms with E-state index < -0.39 is 22.0 Å². The van der Waals surface area contributed by atoms with E-state index in [1.807, 2.05) is 36.4 Å². The van der Waals surface area contributed by atoms with Gasteiger partial charge in [0.1, 0.15) is 6.04 Å². The minimum Gasteiger partial charge on any atom is -0.480 e. The molecule has 0 amide bonds. The predicted octanol–water partition coefficient (Wildman–Crippen LogP) is 4.25. The summed E-state index contributed by atoms with van der Waals surface area (Å²) in [6.45, 7) is 5.81. The Hall–Kier alpha value is -2.96. The van der Waals surface area contributed by atoms with Gasteiger partial charge in [-0.15, -0.1) is 0 Å². The molecular weight excluding hydrogens is 398 g/mol. The van der Waals surface area contributed by atoms with E-state index >= 15 is 0 Å². The molecule has 1 atom stereocenters. The van der Waals surface area contributed by atoms with Gasteiger partial charge in [-0.2, -0.15) is 4.72 Å². The summed E-state index contributed by atoms with van der Waals surface area (Å²) in [6, 6.07) is 18.9. The molecule has 2 N–H and O–H groups in total. The lowest BCUT2D eigenvalue weighted by molar-refractivity contribution is -0.138. The van der Waals surface area contributed by atoms with Gasteiger partial charge in [0, 0.05) is 0 Å². The van der Waals surface area contributed by atoms with E-state index in [-0.39, 0.29) is 11.3 Å². The third kappa shape index (κ3) is 4.78. The smallest absolute Gasteiger partial charge is 0.322 e. The molecule has 3 rings (SSSR count). The van der Waals surface area contributed by atoms with E-state index in [9.17, 15) is 18.3 Å². The number of rotatable bonds is 7. The molecule has 5 nitrogen and oxygen atoms in total. The van der Waals surface area contributed by atoms with Crippen LogP contribution < -0.4 is 4.72 Å². The van der Waals surface area contributed by atoms with Gasteiger partial charge in [0.2, 0.25) is 10.0 Å². The Morgan fingerprint density at radius 2 is 1.53 bits per heavy atom. The lowest BCUT2D eigenvalue weighted by atomic mass is 9.95. The van der Waals surface area contributed by atoms with Crippen LogP contribution in [0, 0.1) is 20.8 Å². The standard InChI is InChI=1S/C24H25NO4S/c1-16-8-6-9-21(18(16)3)20-13-11-19(12-14-20)15-22(24(26)27)25-30(28,29)23-10-5-4-7-17(23)2/h4-14,22,25H,15H2,1-3H3,(H,26,27)/t22-/m0/s1. The molecule has 6 heteroatoms. The van der Waals surface area contributed by atoms with Gasteiger partial charge in [0.05, 0.1) is 4.90 Å². The summed E-state index contributed by atoms with van der Waals surface area (Å²) in [4.78, 5) is 11.8. The SMILES string of the molecule is Cc1ccccc1S(=O)(=O)N[C@@H](Cc1ccc(-c2cccc(C)c2C)cc1)C(=O)O. The van der Waals surface area contributed by atoms with E-state index in [0.717, 1.165) is 16.7 Å². The summed E-state index contributed by atoms with van der Waals surface area (Å²) in [7, 11) is -3.95. The Bertz CT molecular complexity index is 1170. The van der Waals surface area contributed by atoms with Crippen molar-refractivity contribution in [2.75, 3.05) is 0 Å². The maximum atomic E-state index is 12.7. The third-order valence-corrected chi connectivity index (χ3v) is 6.92. The molecule has 0 aliphatic rings. The van der Waals surface area contributed by atoms with Crippen LogP contribution >= 0.6 is 0 Å². The Morgan fingerprint density at radius 3 is 2.17 bits per heavy atom. The second-order valence-corrected chi connectivity index (χ2v) is 9.11. The Balaban J connectivity index is 1.81. The number of sulfonamides is 1. The van der Waals surface area contributed by atoms with E-state index in [0.29, 0.717) is 5.56 Å². The minimum absolute atomic E-state index is 0.0491. The number of benzene rings is 3. The summed E-state index contributed by atoms with van der Waals surface area (Å²) in [5, 5.41) is 9.59. The number of hydrogen-bond acceptors (Lipinski definition) is 3. The van der Waals surface area contributed by atoms with Gasteiger partial charge >= 0.3 is 5.97 Å². The van der Waals surface area contributed by atoms with Crippen LogP contribution in [-0.2, 0) is 21.2 Å². The van der Waals surface area contributed by atoms with Crippen LogP contribution in [0.1, 0.15) is 22.3 Å². The quantitative estimate of drug-likeness (QED) is 0.595. The van der Waals surface area contributed by atoms with Crippen molar-refractivity contribution >= 4 is 16.0 Å². The second kappa shape index (κ2) is 8.81. The van der Waals surface area contributed by atoms with Crippen LogP contribution in [0.5, 0.6) is 0 Å². The van der Waals surface area contributed by atoms with Crippen molar-refractivity contribution in [3.63, 3.8) is 0 Å². The van der Waals surface area contributed by atoms with Gasteiger partial charge in [-0.05, 0) is 66.6 Å². The zero-order valence-corrected chi connectivity index (χ0v) is 18.0. The highest BCUT2D eigenvalue weighted by atomic mass is 32.2. The molecule has 0 bridgehead atoms. The number of carbonyl (C=O) groups is 1. The van der Waals surface area contributed by atoms with Crippen LogP contribution in [0.3, 0.4) is 0 Å². The number of hydrogen-bond donors (Lipinski definition) is 2. The average molecular weight is 424 g/mol. The van der Waals surface area contributed by atoms with Gasteiger partial charge in [0.15, 0.2) is 0 Å². The van der Waals surface area contributed by atoms with E-state index in [2.05, 4.69) is 24.6 Å². The Labute approximate surface area is 177 Å². The summed E-state index contributed by atoms with van der Waals surface area (Å²) >= 11 is 0. The molecule has 3 aromatic rings.